The van der Waals surface area contributed by atoms with Crippen molar-refractivity contribution in [2.24, 2.45) is 0 Å². The molecule has 0 spiro atoms. The van der Waals surface area contributed by atoms with E-state index in [0.29, 0.717) is 18.6 Å². The van der Waals surface area contributed by atoms with E-state index in [0.717, 1.165) is 11.3 Å². The molecule has 7 nitrogen and oxygen atoms in total. The largest absolute Gasteiger partial charge is 1.00 e. The van der Waals surface area contributed by atoms with Crippen LogP contribution >= 0.6 is 0 Å². The van der Waals surface area contributed by atoms with Gasteiger partial charge < -0.3 is 19.4 Å². The van der Waals surface area contributed by atoms with Gasteiger partial charge in [-0.1, -0.05) is 0 Å². The summed E-state index contributed by atoms with van der Waals surface area (Å²) < 4.78 is 1.83. The van der Waals surface area contributed by atoms with Crippen LogP contribution in [0.3, 0.4) is 0 Å². The van der Waals surface area contributed by atoms with Crippen molar-refractivity contribution >= 4 is 23.0 Å². The van der Waals surface area contributed by atoms with Crippen molar-refractivity contribution < 1.29 is 39.5 Å². The number of carbonyl (C=O) groups excluding carboxylic acids is 1. The Bertz CT molecular complexity index is 569. The Kier molecular flexibility index (Phi) is 5.71. The molecule has 0 fully saturated rings. The van der Waals surface area contributed by atoms with Crippen LogP contribution in [0.2, 0.25) is 0 Å². The number of carboxylic acid groups (broad SMARTS) is 1. The van der Waals surface area contributed by atoms with Gasteiger partial charge in [0, 0.05) is 26.6 Å². The number of anilines is 1. The van der Waals surface area contributed by atoms with E-state index in [1.54, 1.807) is 6.33 Å². The number of aliphatic carboxylic acids is 1. The van der Waals surface area contributed by atoms with Crippen molar-refractivity contribution in [3.05, 3.63) is 12.7 Å². The third-order valence-electron chi connectivity index (χ3n) is 2.59. The topological polar surface area (TPSA) is 87.0 Å². The van der Waals surface area contributed by atoms with Crippen LogP contribution in [0.5, 0.6) is 0 Å². The molecule has 19 heavy (non-hydrogen) atoms. The van der Waals surface area contributed by atoms with Gasteiger partial charge in [0.2, 0.25) is 0 Å². The Morgan fingerprint density at radius 3 is 2.74 bits per heavy atom. The molecular weight excluding hydrogens is 257 g/mol. The van der Waals surface area contributed by atoms with Crippen molar-refractivity contribution in [3.8, 4) is 0 Å². The minimum Gasteiger partial charge on any atom is -0.550 e. The minimum absolute atomic E-state index is 0. The summed E-state index contributed by atoms with van der Waals surface area (Å²) in [4.78, 5) is 24.8. The van der Waals surface area contributed by atoms with Crippen LogP contribution in [-0.2, 0) is 11.3 Å². The molecule has 96 valence electrons. The summed E-state index contributed by atoms with van der Waals surface area (Å²) >= 11 is 0. The van der Waals surface area contributed by atoms with Gasteiger partial charge in [-0.2, -0.15) is 0 Å². The number of carbonyl (C=O) groups is 1. The Morgan fingerprint density at radius 1 is 1.37 bits per heavy atom. The van der Waals surface area contributed by atoms with E-state index >= 15 is 0 Å². The SMILES string of the molecule is CN(C)c1ncnc2c1ncn2CCCC(=O)[O-].[Na+]. The summed E-state index contributed by atoms with van der Waals surface area (Å²) in [5.41, 5.74) is 1.43. The van der Waals surface area contributed by atoms with E-state index in [9.17, 15) is 9.90 Å². The molecule has 0 N–H and O–H groups in total. The van der Waals surface area contributed by atoms with E-state index in [1.807, 2.05) is 23.6 Å². The first kappa shape index (κ1) is 15.9. The van der Waals surface area contributed by atoms with Crippen molar-refractivity contribution in [2.75, 3.05) is 19.0 Å². The predicted octanol–water partition coefficient (Wildman–Crippen LogP) is -3.57. The van der Waals surface area contributed by atoms with Crippen molar-refractivity contribution in [3.63, 3.8) is 0 Å². The number of hydrogen-bond donors (Lipinski definition) is 0. The van der Waals surface area contributed by atoms with E-state index < -0.39 is 5.97 Å². The second-order valence-electron chi connectivity index (χ2n) is 4.18. The van der Waals surface area contributed by atoms with Crippen LogP contribution in [0.25, 0.3) is 11.2 Å². The zero-order valence-electron chi connectivity index (χ0n) is 11.3. The van der Waals surface area contributed by atoms with E-state index in [1.165, 1.54) is 6.33 Å². The third kappa shape index (κ3) is 3.65. The van der Waals surface area contributed by atoms with Gasteiger partial charge in [-0.15, -0.1) is 0 Å². The molecule has 0 saturated heterocycles. The predicted molar refractivity (Wildman–Crippen MR) is 63.9 cm³/mol. The van der Waals surface area contributed by atoms with Gasteiger partial charge in [0.15, 0.2) is 17.0 Å². The zero-order valence-corrected chi connectivity index (χ0v) is 13.3. The summed E-state index contributed by atoms with van der Waals surface area (Å²) in [5.74, 6) is -0.290. The first-order valence-corrected chi connectivity index (χ1v) is 5.62. The number of aryl methyl sites for hydroxylation is 1. The Labute approximate surface area is 133 Å². The Hall–Kier alpha value is -1.18. The van der Waals surface area contributed by atoms with Crippen molar-refractivity contribution in [2.45, 2.75) is 19.4 Å². The summed E-state index contributed by atoms with van der Waals surface area (Å²) in [5, 5.41) is 10.4. The number of carboxylic acids is 1. The van der Waals surface area contributed by atoms with E-state index in [-0.39, 0.29) is 36.0 Å². The molecule has 0 aliphatic heterocycles. The quantitative estimate of drug-likeness (QED) is 0.523. The molecule has 2 rings (SSSR count). The second kappa shape index (κ2) is 6.83. The molecule has 2 aromatic heterocycles. The number of imidazole rings is 1. The zero-order chi connectivity index (χ0) is 13.1. The molecule has 0 bridgehead atoms. The van der Waals surface area contributed by atoms with Gasteiger partial charge in [-0.25, -0.2) is 15.0 Å². The molecule has 0 aliphatic rings. The van der Waals surface area contributed by atoms with Crippen LogP contribution in [0.15, 0.2) is 12.7 Å². The average molecular weight is 271 g/mol. The third-order valence-corrected chi connectivity index (χ3v) is 2.59. The second-order valence-corrected chi connectivity index (χ2v) is 4.18. The number of nitrogens with zero attached hydrogens (tertiary/aromatic N) is 5. The monoisotopic (exact) mass is 271 g/mol. The van der Waals surface area contributed by atoms with Crippen LogP contribution in [0.4, 0.5) is 5.82 Å². The van der Waals surface area contributed by atoms with Gasteiger partial charge in [-0.3, -0.25) is 0 Å². The maximum Gasteiger partial charge on any atom is 1.00 e. The summed E-state index contributed by atoms with van der Waals surface area (Å²) in [6.45, 7) is 0.550. The molecule has 0 aliphatic carbocycles. The van der Waals surface area contributed by atoms with Gasteiger partial charge in [-0.05, 0) is 12.8 Å². The van der Waals surface area contributed by atoms with E-state index in [4.69, 9.17) is 0 Å². The molecule has 2 aromatic rings. The van der Waals surface area contributed by atoms with E-state index in [2.05, 4.69) is 15.0 Å². The fourth-order valence-corrected chi connectivity index (χ4v) is 1.75. The standard InChI is InChI=1S/C11H15N5O2.Na/c1-15(2)10-9-11(13-6-12-10)16(7-14-9)5-3-4-8(17)18;/h6-7H,3-5H2,1-2H3,(H,17,18);/q;+1/p-1. The maximum absolute atomic E-state index is 10.4. The molecule has 0 unspecified atom stereocenters. The number of rotatable bonds is 5. The molecule has 0 saturated carbocycles. The maximum atomic E-state index is 10.4. The molecular formula is C11H14N5NaO2. The fraction of sp³-hybridized carbons (Fsp3) is 0.455. The summed E-state index contributed by atoms with van der Waals surface area (Å²) in [6.07, 6.45) is 3.66. The molecule has 0 atom stereocenters. The number of fused-ring (bicyclic) bond motifs is 1. The van der Waals surface area contributed by atoms with Gasteiger partial charge in [0.05, 0.1) is 6.33 Å². The Balaban J connectivity index is 0.00000180. The number of hydrogen-bond acceptors (Lipinski definition) is 6. The number of aromatic nitrogens is 4. The molecule has 0 aromatic carbocycles. The first-order chi connectivity index (χ1) is 8.59. The smallest absolute Gasteiger partial charge is 0.550 e. The van der Waals surface area contributed by atoms with Crippen LogP contribution in [0, 0.1) is 0 Å². The van der Waals surface area contributed by atoms with Crippen molar-refractivity contribution in [1.82, 2.24) is 19.5 Å². The molecule has 0 radical (unpaired) electrons. The first-order valence-electron chi connectivity index (χ1n) is 5.62. The fourth-order valence-electron chi connectivity index (χ4n) is 1.75. The normalized spacial score (nSPS) is 10.2. The summed E-state index contributed by atoms with van der Waals surface area (Å²) in [6, 6.07) is 0. The summed E-state index contributed by atoms with van der Waals surface area (Å²) in [7, 11) is 3.77. The minimum atomic E-state index is -1.04. The van der Waals surface area contributed by atoms with Crippen LogP contribution in [-0.4, -0.2) is 39.6 Å². The van der Waals surface area contributed by atoms with Crippen LogP contribution < -0.4 is 39.6 Å². The van der Waals surface area contributed by atoms with Gasteiger partial charge in [0.25, 0.3) is 0 Å². The van der Waals surface area contributed by atoms with Gasteiger partial charge >= 0.3 is 29.6 Å². The molecule has 0 amide bonds. The van der Waals surface area contributed by atoms with Gasteiger partial charge in [0.1, 0.15) is 6.33 Å². The molecule has 8 heteroatoms. The Morgan fingerprint density at radius 2 is 2.11 bits per heavy atom. The van der Waals surface area contributed by atoms with Crippen molar-refractivity contribution in [1.29, 1.82) is 0 Å². The average Bonchev–Trinajstić information content (AvgIpc) is 2.72. The van der Waals surface area contributed by atoms with Crippen LogP contribution in [0.1, 0.15) is 12.8 Å². The molecule has 2 heterocycles.